The van der Waals surface area contributed by atoms with Crippen LogP contribution in [0.1, 0.15) is 30.7 Å². The first-order valence-corrected chi connectivity index (χ1v) is 6.35. The minimum Gasteiger partial charge on any atom is -0.316 e. The summed E-state index contributed by atoms with van der Waals surface area (Å²) in [4.78, 5) is 1.55. The van der Waals surface area contributed by atoms with Crippen molar-refractivity contribution in [2.24, 2.45) is 5.92 Å². The van der Waals surface area contributed by atoms with E-state index in [9.17, 15) is 0 Å². The largest absolute Gasteiger partial charge is 0.316 e. The van der Waals surface area contributed by atoms with Crippen LogP contribution < -0.4 is 5.32 Å². The summed E-state index contributed by atoms with van der Waals surface area (Å²) < 4.78 is 0. The lowest BCUT2D eigenvalue weighted by molar-refractivity contribution is 0.513. The normalized spacial score (nSPS) is 13.1. The van der Waals surface area contributed by atoms with Gasteiger partial charge in [0.05, 0.1) is 0 Å². The molecule has 0 amide bonds. The number of thiophene rings is 1. The topological polar surface area (TPSA) is 12.0 Å². The van der Waals surface area contributed by atoms with Crippen LogP contribution in [0.4, 0.5) is 0 Å². The first-order chi connectivity index (χ1) is 6.74. The summed E-state index contributed by atoms with van der Waals surface area (Å²) in [7, 11) is 0. The molecule has 1 aromatic heterocycles. The average Bonchev–Trinajstić information content (AvgIpc) is 2.52. The van der Waals surface area contributed by atoms with Gasteiger partial charge in [-0.05, 0) is 55.8 Å². The van der Waals surface area contributed by atoms with E-state index in [4.69, 9.17) is 0 Å². The van der Waals surface area contributed by atoms with Crippen molar-refractivity contribution in [3.8, 4) is 0 Å². The van der Waals surface area contributed by atoms with Crippen molar-refractivity contribution < 1.29 is 0 Å². The molecule has 80 valence electrons. The standard InChI is InChI=1S/C12H21NS/c1-4-6-13-9-10(2)8-12-11(3)5-7-14-12/h5,7,10,13H,4,6,8-9H2,1-3H3. The Labute approximate surface area is 91.5 Å². The average molecular weight is 211 g/mol. The van der Waals surface area contributed by atoms with Gasteiger partial charge in [-0.3, -0.25) is 0 Å². The van der Waals surface area contributed by atoms with E-state index in [-0.39, 0.29) is 0 Å². The second kappa shape index (κ2) is 6.20. The van der Waals surface area contributed by atoms with Gasteiger partial charge < -0.3 is 5.32 Å². The van der Waals surface area contributed by atoms with E-state index in [1.54, 1.807) is 4.88 Å². The quantitative estimate of drug-likeness (QED) is 0.712. The van der Waals surface area contributed by atoms with E-state index >= 15 is 0 Å². The molecule has 1 rings (SSSR count). The van der Waals surface area contributed by atoms with Crippen molar-refractivity contribution in [1.29, 1.82) is 0 Å². The molecule has 1 atom stereocenters. The van der Waals surface area contributed by atoms with E-state index < -0.39 is 0 Å². The van der Waals surface area contributed by atoms with Crippen molar-refractivity contribution >= 4 is 11.3 Å². The number of aryl methyl sites for hydroxylation is 1. The maximum Gasteiger partial charge on any atom is 0.00775 e. The zero-order chi connectivity index (χ0) is 10.4. The smallest absolute Gasteiger partial charge is 0.00775 e. The predicted molar refractivity (Wildman–Crippen MR) is 65.1 cm³/mol. The van der Waals surface area contributed by atoms with Gasteiger partial charge in [0, 0.05) is 4.88 Å². The summed E-state index contributed by atoms with van der Waals surface area (Å²) in [5, 5.41) is 5.66. The van der Waals surface area contributed by atoms with Crippen LogP contribution in [0.2, 0.25) is 0 Å². The molecule has 0 saturated heterocycles. The van der Waals surface area contributed by atoms with Crippen LogP contribution in [-0.2, 0) is 6.42 Å². The third-order valence-corrected chi connectivity index (χ3v) is 3.47. The number of hydrogen-bond donors (Lipinski definition) is 1. The monoisotopic (exact) mass is 211 g/mol. The Bertz CT molecular complexity index is 255. The van der Waals surface area contributed by atoms with E-state index in [0.29, 0.717) is 0 Å². The van der Waals surface area contributed by atoms with Gasteiger partial charge in [-0.2, -0.15) is 0 Å². The van der Waals surface area contributed by atoms with Crippen LogP contribution in [0, 0.1) is 12.8 Å². The molecule has 2 heteroatoms. The van der Waals surface area contributed by atoms with E-state index in [0.717, 1.165) is 19.0 Å². The van der Waals surface area contributed by atoms with Gasteiger partial charge >= 0.3 is 0 Å². The van der Waals surface area contributed by atoms with Gasteiger partial charge in [-0.1, -0.05) is 13.8 Å². The highest BCUT2D eigenvalue weighted by Gasteiger charge is 2.06. The van der Waals surface area contributed by atoms with Crippen LogP contribution in [-0.4, -0.2) is 13.1 Å². The van der Waals surface area contributed by atoms with Gasteiger partial charge in [-0.15, -0.1) is 11.3 Å². The van der Waals surface area contributed by atoms with Crippen LogP contribution in [0.15, 0.2) is 11.4 Å². The van der Waals surface area contributed by atoms with E-state index in [1.807, 2.05) is 11.3 Å². The van der Waals surface area contributed by atoms with Crippen LogP contribution in [0.3, 0.4) is 0 Å². The Kier molecular flexibility index (Phi) is 5.20. The molecule has 1 heterocycles. The lowest BCUT2D eigenvalue weighted by Crippen LogP contribution is -2.22. The Morgan fingerprint density at radius 1 is 1.50 bits per heavy atom. The SMILES string of the molecule is CCCNCC(C)Cc1sccc1C. The Morgan fingerprint density at radius 2 is 2.29 bits per heavy atom. The fourth-order valence-corrected chi connectivity index (χ4v) is 2.60. The highest BCUT2D eigenvalue weighted by Crippen LogP contribution is 2.19. The molecule has 1 N–H and O–H groups in total. The molecule has 0 spiro atoms. The molecule has 0 aliphatic rings. The first-order valence-electron chi connectivity index (χ1n) is 5.47. The second-order valence-corrected chi connectivity index (χ2v) is 5.04. The molecule has 0 saturated carbocycles. The summed E-state index contributed by atoms with van der Waals surface area (Å²) in [5.74, 6) is 0.749. The zero-order valence-corrected chi connectivity index (χ0v) is 10.3. The lowest BCUT2D eigenvalue weighted by atomic mass is 10.1. The van der Waals surface area contributed by atoms with Gasteiger partial charge in [0.25, 0.3) is 0 Å². The number of rotatable bonds is 6. The first kappa shape index (κ1) is 11.7. The summed E-state index contributed by atoms with van der Waals surface area (Å²) in [6.45, 7) is 9.03. The maximum atomic E-state index is 3.47. The maximum absolute atomic E-state index is 3.47. The number of nitrogens with one attached hydrogen (secondary N) is 1. The molecule has 0 aromatic carbocycles. The van der Waals surface area contributed by atoms with Crippen molar-refractivity contribution in [2.75, 3.05) is 13.1 Å². The third kappa shape index (κ3) is 3.81. The Hall–Kier alpha value is -0.340. The third-order valence-electron chi connectivity index (χ3n) is 2.42. The molecule has 1 aromatic rings. The molecule has 0 aliphatic carbocycles. The molecule has 14 heavy (non-hydrogen) atoms. The van der Waals surface area contributed by atoms with Crippen LogP contribution in [0.25, 0.3) is 0 Å². The van der Waals surface area contributed by atoms with Gasteiger partial charge in [0.15, 0.2) is 0 Å². The molecular formula is C12H21NS. The Morgan fingerprint density at radius 3 is 2.86 bits per heavy atom. The molecule has 0 aliphatic heterocycles. The second-order valence-electron chi connectivity index (χ2n) is 4.04. The van der Waals surface area contributed by atoms with E-state index in [1.165, 1.54) is 18.4 Å². The van der Waals surface area contributed by atoms with E-state index in [2.05, 4.69) is 37.5 Å². The molecule has 1 nitrogen and oxygen atoms in total. The highest BCUT2D eigenvalue weighted by atomic mass is 32.1. The van der Waals surface area contributed by atoms with Crippen molar-refractivity contribution in [1.82, 2.24) is 5.32 Å². The van der Waals surface area contributed by atoms with Gasteiger partial charge in [-0.25, -0.2) is 0 Å². The summed E-state index contributed by atoms with van der Waals surface area (Å²) in [5.41, 5.74) is 1.46. The van der Waals surface area contributed by atoms with Crippen molar-refractivity contribution in [3.05, 3.63) is 21.9 Å². The molecule has 0 radical (unpaired) electrons. The minimum atomic E-state index is 0.749. The molecular weight excluding hydrogens is 190 g/mol. The fraction of sp³-hybridized carbons (Fsp3) is 0.667. The number of hydrogen-bond acceptors (Lipinski definition) is 2. The van der Waals surface area contributed by atoms with Crippen molar-refractivity contribution in [2.45, 2.75) is 33.6 Å². The molecule has 0 fully saturated rings. The zero-order valence-electron chi connectivity index (χ0n) is 9.47. The van der Waals surface area contributed by atoms with Gasteiger partial charge in [0.1, 0.15) is 0 Å². The summed E-state index contributed by atoms with van der Waals surface area (Å²) in [6, 6.07) is 2.21. The molecule has 1 unspecified atom stereocenters. The predicted octanol–water partition coefficient (Wildman–Crippen LogP) is 3.23. The minimum absolute atomic E-state index is 0.749. The fourth-order valence-electron chi connectivity index (χ4n) is 1.53. The lowest BCUT2D eigenvalue weighted by Gasteiger charge is -2.11. The van der Waals surface area contributed by atoms with Crippen LogP contribution in [0.5, 0.6) is 0 Å². The molecule has 0 bridgehead atoms. The summed E-state index contributed by atoms with van der Waals surface area (Å²) in [6.07, 6.45) is 2.45. The van der Waals surface area contributed by atoms with Crippen molar-refractivity contribution in [3.63, 3.8) is 0 Å². The van der Waals surface area contributed by atoms with Crippen LogP contribution >= 0.6 is 11.3 Å². The Balaban J connectivity index is 2.27. The van der Waals surface area contributed by atoms with Gasteiger partial charge in [0.2, 0.25) is 0 Å². The summed E-state index contributed by atoms with van der Waals surface area (Å²) >= 11 is 1.89. The highest BCUT2D eigenvalue weighted by molar-refractivity contribution is 7.10.